The van der Waals surface area contributed by atoms with Gasteiger partial charge in [0.2, 0.25) is 11.8 Å². The highest BCUT2D eigenvalue weighted by atomic mass is 19.1. The SMILES string of the molecule is COc1ccc(N(CCC(=O)Nc2cccc(F)c2)C(C)=O)cc1. The highest BCUT2D eigenvalue weighted by molar-refractivity contribution is 5.94. The predicted molar refractivity (Wildman–Crippen MR) is 90.7 cm³/mol. The van der Waals surface area contributed by atoms with Gasteiger partial charge in [0.05, 0.1) is 7.11 Å². The van der Waals surface area contributed by atoms with E-state index in [-0.39, 0.29) is 24.8 Å². The molecule has 0 spiro atoms. The zero-order valence-corrected chi connectivity index (χ0v) is 13.6. The van der Waals surface area contributed by atoms with E-state index in [4.69, 9.17) is 4.74 Å². The molecule has 0 heterocycles. The molecule has 2 rings (SSSR count). The van der Waals surface area contributed by atoms with Crippen LogP contribution in [-0.2, 0) is 9.59 Å². The van der Waals surface area contributed by atoms with Crippen molar-refractivity contribution < 1.29 is 18.7 Å². The number of carbonyl (C=O) groups is 2. The number of ether oxygens (including phenoxy) is 1. The maximum atomic E-state index is 13.1. The van der Waals surface area contributed by atoms with Crippen molar-refractivity contribution in [3.63, 3.8) is 0 Å². The molecular formula is C18H19FN2O3. The van der Waals surface area contributed by atoms with Gasteiger partial charge in [-0.1, -0.05) is 6.07 Å². The number of carbonyl (C=O) groups excluding carboxylic acids is 2. The Morgan fingerprint density at radius 2 is 1.88 bits per heavy atom. The number of methoxy groups -OCH3 is 1. The van der Waals surface area contributed by atoms with Crippen LogP contribution in [0.3, 0.4) is 0 Å². The van der Waals surface area contributed by atoms with Crippen LogP contribution in [0.1, 0.15) is 13.3 Å². The first-order valence-corrected chi connectivity index (χ1v) is 7.47. The summed E-state index contributed by atoms with van der Waals surface area (Å²) in [7, 11) is 1.56. The van der Waals surface area contributed by atoms with Crippen LogP contribution in [0.4, 0.5) is 15.8 Å². The maximum Gasteiger partial charge on any atom is 0.226 e. The van der Waals surface area contributed by atoms with Crippen molar-refractivity contribution >= 4 is 23.2 Å². The number of benzene rings is 2. The predicted octanol–water partition coefficient (Wildman–Crippen LogP) is 3.22. The summed E-state index contributed by atoms with van der Waals surface area (Å²) < 4.78 is 18.2. The summed E-state index contributed by atoms with van der Waals surface area (Å²) in [6.45, 7) is 1.66. The lowest BCUT2D eigenvalue weighted by Crippen LogP contribution is -2.31. The summed E-state index contributed by atoms with van der Waals surface area (Å²) in [4.78, 5) is 25.3. The Hall–Kier alpha value is -2.89. The van der Waals surface area contributed by atoms with Crippen molar-refractivity contribution in [2.75, 3.05) is 23.9 Å². The van der Waals surface area contributed by atoms with E-state index in [1.54, 1.807) is 37.4 Å². The van der Waals surface area contributed by atoms with Crippen molar-refractivity contribution in [1.29, 1.82) is 0 Å². The Balaban J connectivity index is 1.97. The minimum atomic E-state index is -0.420. The van der Waals surface area contributed by atoms with Crippen LogP contribution < -0.4 is 15.0 Å². The number of anilines is 2. The molecule has 0 aliphatic rings. The van der Waals surface area contributed by atoms with Crippen molar-refractivity contribution in [1.82, 2.24) is 0 Å². The highest BCUT2D eigenvalue weighted by Crippen LogP contribution is 2.20. The quantitative estimate of drug-likeness (QED) is 0.885. The summed E-state index contributed by atoms with van der Waals surface area (Å²) in [5, 5.41) is 2.61. The molecule has 0 bridgehead atoms. The molecule has 1 N–H and O–H groups in total. The zero-order valence-electron chi connectivity index (χ0n) is 13.6. The normalized spacial score (nSPS) is 10.1. The standard InChI is InChI=1S/C18H19FN2O3/c1-13(22)21(16-6-8-17(24-2)9-7-16)11-10-18(23)20-15-5-3-4-14(19)12-15/h3-9,12H,10-11H2,1-2H3,(H,20,23). The Kier molecular flexibility index (Phi) is 5.89. The van der Waals surface area contributed by atoms with E-state index in [1.165, 1.54) is 30.0 Å². The third-order valence-electron chi connectivity index (χ3n) is 3.44. The molecule has 24 heavy (non-hydrogen) atoms. The van der Waals surface area contributed by atoms with Crippen LogP contribution in [0.2, 0.25) is 0 Å². The van der Waals surface area contributed by atoms with Gasteiger partial charge in [-0.2, -0.15) is 0 Å². The molecule has 0 radical (unpaired) electrons. The second-order valence-corrected chi connectivity index (χ2v) is 5.18. The summed E-state index contributed by atoms with van der Waals surface area (Å²) in [6.07, 6.45) is 0.0993. The van der Waals surface area contributed by atoms with Crippen molar-refractivity contribution in [3.8, 4) is 5.75 Å². The molecule has 0 atom stereocenters. The number of amides is 2. The van der Waals surface area contributed by atoms with E-state index in [1.807, 2.05) is 0 Å². The monoisotopic (exact) mass is 330 g/mol. The van der Waals surface area contributed by atoms with Crippen LogP contribution >= 0.6 is 0 Å². The Morgan fingerprint density at radius 1 is 1.17 bits per heavy atom. The van der Waals surface area contributed by atoms with E-state index in [0.717, 1.165) is 0 Å². The number of rotatable bonds is 6. The lowest BCUT2D eigenvalue weighted by atomic mass is 10.2. The molecule has 0 aliphatic heterocycles. The fourth-order valence-corrected chi connectivity index (χ4v) is 2.23. The van der Waals surface area contributed by atoms with Gasteiger partial charge in [-0.05, 0) is 42.5 Å². The Morgan fingerprint density at radius 3 is 2.46 bits per heavy atom. The number of nitrogens with zero attached hydrogens (tertiary/aromatic N) is 1. The Labute approximate surface area is 140 Å². The average molecular weight is 330 g/mol. The number of hydrogen-bond donors (Lipinski definition) is 1. The third kappa shape index (κ3) is 4.81. The van der Waals surface area contributed by atoms with Gasteiger partial charge in [0.1, 0.15) is 11.6 Å². The molecule has 5 nitrogen and oxygen atoms in total. The minimum Gasteiger partial charge on any atom is -0.497 e. The van der Waals surface area contributed by atoms with E-state index >= 15 is 0 Å². The molecule has 2 aromatic rings. The molecule has 6 heteroatoms. The fourth-order valence-electron chi connectivity index (χ4n) is 2.23. The molecule has 0 saturated carbocycles. The number of halogens is 1. The number of nitrogens with one attached hydrogen (secondary N) is 1. The van der Waals surface area contributed by atoms with E-state index in [9.17, 15) is 14.0 Å². The third-order valence-corrected chi connectivity index (χ3v) is 3.44. The van der Waals surface area contributed by atoms with Crippen LogP contribution in [0.5, 0.6) is 5.75 Å². The van der Waals surface area contributed by atoms with Crippen LogP contribution in [0.25, 0.3) is 0 Å². The van der Waals surface area contributed by atoms with Crippen molar-refractivity contribution in [3.05, 3.63) is 54.3 Å². The number of hydrogen-bond acceptors (Lipinski definition) is 3. The van der Waals surface area contributed by atoms with Gasteiger partial charge in [-0.15, -0.1) is 0 Å². The van der Waals surface area contributed by atoms with E-state index in [2.05, 4.69) is 5.32 Å². The summed E-state index contributed by atoms with van der Waals surface area (Å²) in [6, 6.07) is 12.7. The van der Waals surface area contributed by atoms with Gasteiger partial charge in [-0.3, -0.25) is 9.59 Å². The molecular weight excluding hydrogens is 311 g/mol. The molecule has 0 saturated heterocycles. The van der Waals surface area contributed by atoms with Crippen LogP contribution in [-0.4, -0.2) is 25.5 Å². The second-order valence-electron chi connectivity index (χ2n) is 5.18. The first kappa shape index (κ1) is 17.5. The molecule has 0 aromatic heterocycles. The van der Waals surface area contributed by atoms with Crippen LogP contribution in [0.15, 0.2) is 48.5 Å². The zero-order chi connectivity index (χ0) is 17.5. The summed E-state index contributed by atoms with van der Waals surface area (Å²) in [5.41, 5.74) is 1.07. The first-order valence-electron chi connectivity index (χ1n) is 7.47. The van der Waals surface area contributed by atoms with Gasteiger partial charge in [0, 0.05) is 31.3 Å². The molecule has 0 fully saturated rings. The lowest BCUT2D eigenvalue weighted by Gasteiger charge is -2.21. The van der Waals surface area contributed by atoms with Crippen molar-refractivity contribution in [2.45, 2.75) is 13.3 Å². The summed E-state index contributed by atoms with van der Waals surface area (Å²) >= 11 is 0. The second kappa shape index (κ2) is 8.10. The molecule has 2 aromatic carbocycles. The fraction of sp³-hybridized carbons (Fsp3) is 0.222. The van der Waals surface area contributed by atoms with E-state index in [0.29, 0.717) is 17.1 Å². The van der Waals surface area contributed by atoms with E-state index < -0.39 is 5.82 Å². The van der Waals surface area contributed by atoms with Crippen molar-refractivity contribution in [2.24, 2.45) is 0 Å². The summed E-state index contributed by atoms with van der Waals surface area (Å²) in [5.74, 6) is -0.193. The highest BCUT2D eigenvalue weighted by Gasteiger charge is 2.14. The largest absolute Gasteiger partial charge is 0.497 e. The lowest BCUT2D eigenvalue weighted by molar-refractivity contribution is -0.117. The van der Waals surface area contributed by atoms with Gasteiger partial charge in [-0.25, -0.2) is 4.39 Å². The Bertz CT molecular complexity index is 716. The van der Waals surface area contributed by atoms with Gasteiger partial charge >= 0.3 is 0 Å². The van der Waals surface area contributed by atoms with Gasteiger partial charge in [0.25, 0.3) is 0 Å². The molecule has 0 aliphatic carbocycles. The average Bonchev–Trinajstić information content (AvgIpc) is 2.55. The van der Waals surface area contributed by atoms with Gasteiger partial charge < -0.3 is 15.0 Å². The molecule has 2 amide bonds. The molecule has 0 unspecified atom stereocenters. The molecule has 126 valence electrons. The first-order chi connectivity index (χ1) is 11.5. The minimum absolute atomic E-state index is 0.0993. The van der Waals surface area contributed by atoms with Crippen LogP contribution in [0, 0.1) is 5.82 Å². The smallest absolute Gasteiger partial charge is 0.226 e. The van der Waals surface area contributed by atoms with Gasteiger partial charge in [0.15, 0.2) is 0 Å². The topological polar surface area (TPSA) is 58.6 Å². The maximum absolute atomic E-state index is 13.1.